The second-order valence-electron chi connectivity index (χ2n) is 3.98. The third-order valence-corrected chi connectivity index (χ3v) is 2.45. The number of anilines is 1. The molecule has 2 N–H and O–H groups in total. The van der Waals surface area contributed by atoms with Gasteiger partial charge >= 0.3 is 5.97 Å². The van der Waals surface area contributed by atoms with E-state index >= 15 is 0 Å². The Bertz CT molecular complexity index is 422. The third-order valence-electron chi connectivity index (χ3n) is 2.45. The van der Waals surface area contributed by atoms with E-state index in [4.69, 9.17) is 5.11 Å². The number of carboxylic acid groups (broad SMARTS) is 1. The summed E-state index contributed by atoms with van der Waals surface area (Å²) < 4.78 is 0. The van der Waals surface area contributed by atoms with Gasteiger partial charge in [0.05, 0.1) is 0 Å². The zero-order chi connectivity index (χ0) is 12.1. The van der Waals surface area contributed by atoms with Crippen molar-refractivity contribution in [3.8, 4) is 0 Å². The fraction of sp³-hybridized carbons (Fsp3) is 0.308. The van der Waals surface area contributed by atoms with E-state index in [0.717, 1.165) is 11.3 Å². The van der Waals surface area contributed by atoms with Gasteiger partial charge in [0.2, 0.25) is 0 Å². The maximum absolute atomic E-state index is 10.4. The molecule has 0 aliphatic carbocycles. The lowest BCUT2D eigenvalue weighted by molar-refractivity contribution is -0.131. The lowest BCUT2D eigenvalue weighted by Crippen LogP contribution is -2.04. The lowest BCUT2D eigenvalue weighted by atomic mass is 10.1. The molecule has 3 heteroatoms. The molecule has 0 aliphatic rings. The van der Waals surface area contributed by atoms with E-state index in [2.05, 4.69) is 25.2 Å². The fourth-order valence-electron chi connectivity index (χ4n) is 1.35. The molecule has 0 radical (unpaired) electrons. The van der Waals surface area contributed by atoms with Crippen molar-refractivity contribution in [2.75, 3.05) is 11.9 Å². The van der Waals surface area contributed by atoms with E-state index in [1.807, 2.05) is 12.1 Å². The van der Waals surface area contributed by atoms with Crippen molar-refractivity contribution < 1.29 is 9.90 Å². The topological polar surface area (TPSA) is 49.3 Å². The van der Waals surface area contributed by atoms with Crippen LogP contribution < -0.4 is 5.32 Å². The minimum atomic E-state index is -0.903. The Kier molecular flexibility index (Phi) is 4.11. The molecule has 86 valence electrons. The predicted octanol–water partition coefficient (Wildman–Crippen LogP) is 2.75. The molecule has 0 fully saturated rings. The molecular formula is C13H17NO2. The van der Waals surface area contributed by atoms with Crippen LogP contribution in [0, 0.1) is 13.8 Å². The Hall–Kier alpha value is -1.77. The van der Waals surface area contributed by atoms with E-state index in [0.29, 0.717) is 6.54 Å². The molecule has 1 aromatic rings. The van der Waals surface area contributed by atoms with Gasteiger partial charge in [0.25, 0.3) is 0 Å². The van der Waals surface area contributed by atoms with Gasteiger partial charge in [-0.2, -0.15) is 0 Å². The normalized spacial score (nSPS) is 11.3. The summed E-state index contributed by atoms with van der Waals surface area (Å²) in [5, 5.41) is 11.7. The molecule has 0 heterocycles. The monoisotopic (exact) mass is 219 g/mol. The van der Waals surface area contributed by atoms with Crippen LogP contribution in [0.4, 0.5) is 5.69 Å². The molecule has 0 aliphatic heterocycles. The van der Waals surface area contributed by atoms with Gasteiger partial charge in [-0.05, 0) is 49.6 Å². The number of carboxylic acids is 1. The summed E-state index contributed by atoms with van der Waals surface area (Å²) in [5.41, 5.74) is 4.29. The smallest absolute Gasteiger partial charge is 0.328 e. The van der Waals surface area contributed by atoms with Crippen LogP contribution in [-0.4, -0.2) is 17.6 Å². The van der Waals surface area contributed by atoms with Crippen LogP contribution in [0.5, 0.6) is 0 Å². The summed E-state index contributed by atoms with van der Waals surface area (Å²) in [4.78, 5) is 10.4. The first-order valence-corrected chi connectivity index (χ1v) is 5.20. The van der Waals surface area contributed by atoms with Gasteiger partial charge in [-0.15, -0.1) is 0 Å². The van der Waals surface area contributed by atoms with Crippen LogP contribution in [0.15, 0.2) is 29.8 Å². The summed E-state index contributed by atoms with van der Waals surface area (Å²) in [6, 6.07) is 6.10. The van der Waals surface area contributed by atoms with Gasteiger partial charge in [-0.25, -0.2) is 4.79 Å². The number of aryl methyl sites for hydroxylation is 2. The average molecular weight is 219 g/mol. The van der Waals surface area contributed by atoms with Gasteiger partial charge in [0.1, 0.15) is 0 Å². The van der Waals surface area contributed by atoms with E-state index < -0.39 is 5.97 Å². The highest BCUT2D eigenvalue weighted by Gasteiger charge is 1.97. The van der Waals surface area contributed by atoms with Crippen LogP contribution in [0.2, 0.25) is 0 Å². The minimum absolute atomic E-state index is 0.550. The molecule has 0 atom stereocenters. The van der Waals surface area contributed by atoms with Crippen LogP contribution in [0.25, 0.3) is 0 Å². The Balaban J connectivity index is 2.61. The van der Waals surface area contributed by atoms with Crippen molar-refractivity contribution in [2.45, 2.75) is 20.8 Å². The van der Waals surface area contributed by atoms with Crippen molar-refractivity contribution >= 4 is 11.7 Å². The van der Waals surface area contributed by atoms with Crippen LogP contribution >= 0.6 is 0 Å². The molecule has 0 unspecified atom stereocenters. The number of hydrogen-bond donors (Lipinski definition) is 2. The second-order valence-corrected chi connectivity index (χ2v) is 3.98. The maximum Gasteiger partial charge on any atom is 0.328 e. The molecule has 0 bridgehead atoms. The molecule has 0 saturated heterocycles. The predicted molar refractivity (Wildman–Crippen MR) is 65.8 cm³/mol. The number of benzene rings is 1. The quantitative estimate of drug-likeness (QED) is 0.765. The van der Waals surface area contributed by atoms with Gasteiger partial charge in [0, 0.05) is 18.3 Å². The van der Waals surface area contributed by atoms with Crippen LogP contribution in [0.1, 0.15) is 18.1 Å². The van der Waals surface area contributed by atoms with Crippen molar-refractivity contribution in [2.24, 2.45) is 0 Å². The zero-order valence-electron chi connectivity index (χ0n) is 9.87. The Labute approximate surface area is 95.8 Å². The SMILES string of the molecule is C/C(=C/C(=O)O)CNc1ccc(C)c(C)c1. The van der Waals surface area contributed by atoms with E-state index in [1.54, 1.807) is 6.92 Å². The summed E-state index contributed by atoms with van der Waals surface area (Å²) in [5.74, 6) is -0.903. The van der Waals surface area contributed by atoms with Crippen molar-refractivity contribution in [3.63, 3.8) is 0 Å². The minimum Gasteiger partial charge on any atom is -0.478 e. The molecule has 0 spiro atoms. The zero-order valence-corrected chi connectivity index (χ0v) is 9.87. The van der Waals surface area contributed by atoms with Gasteiger partial charge < -0.3 is 10.4 Å². The highest BCUT2D eigenvalue weighted by molar-refractivity contribution is 5.80. The number of carbonyl (C=O) groups is 1. The van der Waals surface area contributed by atoms with E-state index in [9.17, 15) is 4.79 Å². The van der Waals surface area contributed by atoms with Gasteiger partial charge in [-0.3, -0.25) is 0 Å². The van der Waals surface area contributed by atoms with Crippen LogP contribution in [-0.2, 0) is 4.79 Å². The van der Waals surface area contributed by atoms with Crippen LogP contribution in [0.3, 0.4) is 0 Å². The molecule has 0 saturated carbocycles. The standard InChI is InChI=1S/C13H17NO2/c1-9(6-13(15)16)8-14-12-5-4-10(2)11(3)7-12/h4-7,14H,8H2,1-3H3,(H,15,16)/b9-6-. The first-order chi connectivity index (χ1) is 7.49. The highest BCUT2D eigenvalue weighted by atomic mass is 16.4. The molecule has 0 aromatic heterocycles. The summed E-state index contributed by atoms with van der Waals surface area (Å²) in [6.07, 6.45) is 1.22. The Morgan fingerprint density at radius 2 is 2.06 bits per heavy atom. The molecule has 3 nitrogen and oxygen atoms in total. The Morgan fingerprint density at radius 3 is 2.62 bits per heavy atom. The molecule has 16 heavy (non-hydrogen) atoms. The van der Waals surface area contributed by atoms with Gasteiger partial charge in [0.15, 0.2) is 0 Å². The van der Waals surface area contributed by atoms with E-state index in [-0.39, 0.29) is 0 Å². The first kappa shape index (κ1) is 12.3. The van der Waals surface area contributed by atoms with Crippen molar-refractivity contribution in [1.29, 1.82) is 0 Å². The number of hydrogen-bond acceptors (Lipinski definition) is 2. The molecular weight excluding hydrogens is 202 g/mol. The summed E-state index contributed by atoms with van der Waals surface area (Å²) >= 11 is 0. The molecule has 1 aromatic carbocycles. The van der Waals surface area contributed by atoms with E-state index in [1.165, 1.54) is 17.2 Å². The largest absolute Gasteiger partial charge is 0.478 e. The lowest BCUT2D eigenvalue weighted by Gasteiger charge is -2.08. The Morgan fingerprint density at radius 1 is 1.38 bits per heavy atom. The second kappa shape index (κ2) is 5.35. The highest BCUT2D eigenvalue weighted by Crippen LogP contribution is 2.14. The average Bonchev–Trinajstić information content (AvgIpc) is 2.19. The first-order valence-electron chi connectivity index (χ1n) is 5.20. The molecule has 0 amide bonds. The van der Waals surface area contributed by atoms with Crippen molar-refractivity contribution in [1.82, 2.24) is 0 Å². The molecule has 1 rings (SSSR count). The van der Waals surface area contributed by atoms with Crippen molar-refractivity contribution in [3.05, 3.63) is 41.0 Å². The summed E-state index contributed by atoms with van der Waals surface area (Å²) in [6.45, 7) is 6.46. The number of nitrogens with one attached hydrogen (secondary N) is 1. The number of rotatable bonds is 4. The maximum atomic E-state index is 10.4. The fourth-order valence-corrected chi connectivity index (χ4v) is 1.35. The number of aliphatic carboxylic acids is 1. The summed E-state index contributed by atoms with van der Waals surface area (Å²) in [7, 11) is 0. The third kappa shape index (κ3) is 3.77. The van der Waals surface area contributed by atoms with Gasteiger partial charge in [-0.1, -0.05) is 6.07 Å².